The molecule has 0 spiro atoms. The lowest BCUT2D eigenvalue weighted by Gasteiger charge is -2.35. The normalized spacial score (nSPS) is 16.8. The Hall–Kier alpha value is -1.77. The molecule has 2 atom stereocenters. The van der Waals surface area contributed by atoms with E-state index in [4.69, 9.17) is 26.9 Å². The first-order valence-electron chi connectivity index (χ1n) is 11.8. The highest BCUT2D eigenvalue weighted by molar-refractivity contribution is 7.44. The fourth-order valence-corrected chi connectivity index (χ4v) is 5.37. The Balaban J connectivity index is 2.39. The second kappa shape index (κ2) is 16.8. The lowest BCUT2D eigenvalue weighted by Crippen LogP contribution is -2.41. The van der Waals surface area contributed by atoms with Crippen LogP contribution in [0.5, 0.6) is 0 Å². The average molecular weight is 483 g/mol. The summed E-state index contributed by atoms with van der Waals surface area (Å²) in [6, 6.07) is 0.0204. The summed E-state index contributed by atoms with van der Waals surface area (Å²) in [5.41, 5.74) is 0. The van der Waals surface area contributed by atoms with Crippen molar-refractivity contribution in [3.05, 3.63) is 22.8 Å². The Morgan fingerprint density at radius 3 is 2.27 bits per heavy atom. The molecule has 0 aliphatic carbocycles. The molecule has 9 nitrogen and oxygen atoms in total. The standard InChI is InChI=1S/C23H39N4O5P/c1-19(2)27(20(3)4)33(32-18-14-25-6)31-16-9-7-8-12-22(28)26-15-10-11-21(26)23(29)30-17-13-24-5/h19-21H,7-18H2,1-4H3/t21-,33?/m1/s1. The van der Waals surface area contributed by atoms with Gasteiger partial charge in [-0.05, 0) is 53.4 Å². The Bertz CT molecular complexity index is 669. The first-order chi connectivity index (χ1) is 15.8. The molecule has 0 saturated carbocycles. The number of likely N-dealkylation sites (tertiary alicyclic amines) is 1. The van der Waals surface area contributed by atoms with Crippen LogP contribution in [0.15, 0.2) is 0 Å². The molecule has 1 saturated heterocycles. The maximum atomic E-state index is 12.6. The first kappa shape index (κ1) is 29.3. The van der Waals surface area contributed by atoms with Crippen molar-refractivity contribution in [3.63, 3.8) is 0 Å². The van der Waals surface area contributed by atoms with Crippen LogP contribution < -0.4 is 0 Å². The summed E-state index contributed by atoms with van der Waals surface area (Å²) in [6.07, 6.45) is 4.19. The topological polar surface area (TPSA) is 77.0 Å². The zero-order valence-electron chi connectivity index (χ0n) is 20.5. The van der Waals surface area contributed by atoms with Crippen molar-refractivity contribution in [2.75, 3.05) is 39.5 Å². The van der Waals surface area contributed by atoms with Gasteiger partial charge in [-0.3, -0.25) is 4.79 Å². The molecule has 0 N–H and O–H groups in total. The molecule has 186 valence electrons. The van der Waals surface area contributed by atoms with Crippen molar-refractivity contribution < 1.29 is 23.4 Å². The van der Waals surface area contributed by atoms with Crippen LogP contribution in [-0.2, 0) is 23.4 Å². The second-order valence-electron chi connectivity index (χ2n) is 8.46. The molecule has 33 heavy (non-hydrogen) atoms. The summed E-state index contributed by atoms with van der Waals surface area (Å²) in [5.74, 6) is -0.416. The summed E-state index contributed by atoms with van der Waals surface area (Å²) in [7, 11) is -1.23. The number of carbonyl (C=O) groups excluding carboxylic acids is 2. The monoisotopic (exact) mass is 482 g/mol. The lowest BCUT2D eigenvalue weighted by molar-refractivity contribution is -0.153. The van der Waals surface area contributed by atoms with E-state index in [1.807, 2.05) is 0 Å². The minimum atomic E-state index is -1.23. The number of hydrogen-bond acceptors (Lipinski definition) is 6. The fourth-order valence-electron chi connectivity index (χ4n) is 3.75. The smallest absolute Gasteiger partial charge is 0.329 e. The van der Waals surface area contributed by atoms with Crippen LogP contribution in [0.25, 0.3) is 9.69 Å². The number of unbranched alkanes of at least 4 members (excludes halogenated alkanes) is 2. The van der Waals surface area contributed by atoms with Gasteiger partial charge in [0.05, 0.1) is 6.61 Å². The number of carbonyl (C=O) groups is 2. The van der Waals surface area contributed by atoms with Gasteiger partial charge in [-0.2, -0.15) is 0 Å². The van der Waals surface area contributed by atoms with Gasteiger partial charge in [0.2, 0.25) is 19.0 Å². The van der Waals surface area contributed by atoms with Crippen LogP contribution in [0.3, 0.4) is 0 Å². The van der Waals surface area contributed by atoms with E-state index in [9.17, 15) is 9.59 Å². The van der Waals surface area contributed by atoms with Gasteiger partial charge in [-0.25, -0.2) is 22.6 Å². The highest BCUT2D eigenvalue weighted by Gasteiger charge is 2.35. The molecule has 1 unspecified atom stereocenters. The molecule has 0 aromatic rings. The van der Waals surface area contributed by atoms with E-state index in [0.29, 0.717) is 39.1 Å². The number of ether oxygens (including phenoxy) is 1. The van der Waals surface area contributed by atoms with E-state index in [0.717, 1.165) is 25.7 Å². The fraction of sp³-hybridized carbons (Fsp3) is 0.826. The van der Waals surface area contributed by atoms with E-state index < -0.39 is 20.5 Å². The minimum absolute atomic E-state index is 0.0175. The van der Waals surface area contributed by atoms with Gasteiger partial charge in [-0.1, -0.05) is 6.42 Å². The van der Waals surface area contributed by atoms with Gasteiger partial charge in [-0.15, -0.1) is 0 Å². The molecule has 1 amide bonds. The van der Waals surface area contributed by atoms with Crippen LogP contribution in [0.1, 0.15) is 66.2 Å². The van der Waals surface area contributed by atoms with Gasteiger partial charge in [0.15, 0.2) is 6.61 Å². The van der Waals surface area contributed by atoms with Gasteiger partial charge in [0, 0.05) is 25.0 Å². The second-order valence-corrected chi connectivity index (χ2v) is 9.91. The summed E-state index contributed by atoms with van der Waals surface area (Å²) in [5, 5.41) is 0. The first-order valence-corrected chi connectivity index (χ1v) is 12.9. The Labute approximate surface area is 200 Å². The summed E-state index contributed by atoms with van der Waals surface area (Å²) < 4.78 is 19.3. The molecular weight excluding hydrogens is 443 g/mol. The Morgan fingerprint density at radius 1 is 1.00 bits per heavy atom. The van der Waals surface area contributed by atoms with E-state index in [-0.39, 0.29) is 31.1 Å². The van der Waals surface area contributed by atoms with E-state index in [2.05, 4.69) is 42.1 Å². The summed E-state index contributed by atoms with van der Waals surface area (Å²) >= 11 is 0. The Kier molecular flexibility index (Phi) is 14.9. The van der Waals surface area contributed by atoms with Crippen LogP contribution in [-0.4, -0.2) is 79.0 Å². The predicted octanol–water partition coefficient (Wildman–Crippen LogP) is 4.30. The zero-order chi connectivity index (χ0) is 24.6. The zero-order valence-corrected chi connectivity index (χ0v) is 21.4. The predicted molar refractivity (Wildman–Crippen MR) is 128 cm³/mol. The molecule has 1 fully saturated rings. The number of nitrogens with zero attached hydrogens (tertiary/aromatic N) is 4. The molecule has 0 radical (unpaired) electrons. The maximum Gasteiger partial charge on any atom is 0.329 e. The van der Waals surface area contributed by atoms with Crippen LogP contribution in [0.2, 0.25) is 0 Å². The van der Waals surface area contributed by atoms with Crippen molar-refractivity contribution in [1.29, 1.82) is 0 Å². The van der Waals surface area contributed by atoms with Crippen molar-refractivity contribution in [1.82, 2.24) is 9.57 Å². The summed E-state index contributed by atoms with van der Waals surface area (Å²) in [6.45, 7) is 24.1. The SMILES string of the molecule is [C-]#[N+]CCOC(=O)[C@H]1CCCN1C(=O)CCCCCOP(OCC[N+]#[C-])N(C(C)C)C(C)C. The van der Waals surface area contributed by atoms with Gasteiger partial charge < -0.3 is 28.4 Å². The largest absolute Gasteiger partial charge is 0.456 e. The van der Waals surface area contributed by atoms with Crippen molar-refractivity contribution in [3.8, 4) is 0 Å². The molecule has 10 heteroatoms. The highest BCUT2D eigenvalue weighted by Crippen LogP contribution is 2.45. The molecule has 1 heterocycles. The van der Waals surface area contributed by atoms with Crippen molar-refractivity contribution in [2.45, 2.75) is 84.3 Å². The van der Waals surface area contributed by atoms with Crippen molar-refractivity contribution >= 4 is 20.4 Å². The molecule has 1 rings (SSSR count). The van der Waals surface area contributed by atoms with Gasteiger partial charge in [0.1, 0.15) is 12.6 Å². The van der Waals surface area contributed by atoms with Crippen LogP contribution in [0, 0.1) is 13.1 Å². The molecule has 1 aliphatic heterocycles. The number of hydrogen-bond donors (Lipinski definition) is 0. The summed E-state index contributed by atoms with van der Waals surface area (Å²) in [4.78, 5) is 32.9. The van der Waals surface area contributed by atoms with Crippen molar-refractivity contribution in [2.24, 2.45) is 0 Å². The lowest BCUT2D eigenvalue weighted by atomic mass is 10.1. The van der Waals surface area contributed by atoms with E-state index >= 15 is 0 Å². The maximum absolute atomic E-state index is 12.6. The molecular formula is C23H39N4O5P. The molecule has 1 aliphatic rings. The minimum Gasteiger partial charge on any atom is -0.456 e. The average Bonchev–Trinajstić information content (AvgIpc) is 3.25. The van der Waals surface area contributed by atoms with E-state index in [1.54, 1.807) is 4.90 Å². The van der Waals surface area contributed by atoms with Crippen LogP contribution >= 0.6 is 8.53 Å². The third-order valence-corrected chi connectivity index (χ3v) is 7.29. The van der Waals surface area contributed by atoms with Gasteiger partial charge in [0.25, 0.3) is 8.53 Å². The molecule has 0 bridgehead atoms. The molecule has 0 aromatic carbocycles. The van der Waals surface area contributed by atoms with E-state index in [1.165, 1.54) is 0 Å². The van der Waals surface area contributed by atoms with Gasteiger partial charge >= 0.3 is 5.97 Å². The highest BCUT2D eigenvalue weighted by atomic mass is 31.2. The number of esters is 1. The number of rotatable bonds is 16. The Morgan fingerprint density at radius 2 is 1.64 bits per heavy atom. The quantitative estimate of drug-likeness (QED) is 0.141. The third-order valence-electron chi connectivity index (χ3n) is 5.18. The third kappa shape index (κ3) is 10.8. The van der Waals surface area contributed by atoms with Crippen LogP contribution in [0.4, 0.5) is 0 Å². The molecule has 0 aromatic heterocycles. The number of amides is 1.